The number of rotatable bonds is 5. The first-order valence-corrected chi connectivity index (χ1v) is 9.28. The molecule has 0 atom stereocenters. The number of amides is 1. The molecule has 0 radical (unpaired) electrons. The van der Waals surface area contributed by atoms with Gasteiger partial charge in [0.15, 0.2) is 0 Å². The number of halogens is 4. The third kappa shape index (κ3) is 5.33. The summed E-state index contributed by atoms with van der Waals surface area (Å²) in [6.07, 6.45) is -4.47. The van der Waals surface area contributed by atoms with Gasteiger partial charge in [0.2, 0.25) is 11.8 Å². The van der Waals surface area contributed by atoms with Gasteiger partial charge in [-0.25, -0.2) is 0 Å². The van der Waals surface area contributed by atoms with Gasteiger partial charge in [-0.3, -0.25) is 4.79 Å². The molecule has 0 saturated carbocycles. The molecule has 2 aromatic carbocycles. The molecule has 0 bridgehead atoms. The molecule has 27 heavy (non-hydrogen) atoms. The molecule has 0 aliphatic carbocycles. The predicted molar refractivity (Wildman–Crippen MR) is 98.2 cm³/mol. The molecule has 10 heteroatoms. The average Bonchev–Trinajstić information content (AvgIpc) is 3.09. The maximum atomic E-state index is 12.7. The van der Waals surface area contributed by atoms with Crippen molar-refractivity contribution in [3.8, 4) is 11.5 Å². The Morgan fingerprint density at radius 1 is 1.15 bits per heavy atom. The molecule has 1 amide bonds. The Bertz CT molecular complexity index is 962. The fraction of sp³-hybridized carbons (Fsp3) is 0.118. The highest BCUT2D eigenvalue weighted by atomic mass is 79.9. The maximum absolute atomic E-state index is 12.7. The molecule has 1 heterocycles. The second kappa shape index (κ2) is 8.13. The van der Waals surface area contributed by atoms with E-state index in [4.69, 9.17) is 4.42 Å². The fourth-order valence-electron chi connectivity index (χ4n) is 2.10. The SMILES string of the molecule is O=C(CSc1nnc(-c2cccc(Br)c2)o1)Nc1cccc(C(F)(F)F)c1. The fourth-order valence-corrected chi connectivity index (χ4v) is 3.07. The van der Waals surface area contributed by atoms with Gasteiger partial charge in [-0.15, -0.1) is 10.2 Å². The summed E-state index contributed by atoms with van der Waals surface area (Å²) in [4.78, 5) is 12.0. The van der Waals surface area contributed by atoms with E-state index in [9.17, 15) is 18.0 Å². The first-order chi connectivity index (χ1) is 12.8. The number of nitrogens with zero attached hydrogens (tertiary/aromatic N) is 2. The minimum Gasteiger partial charge on any atom is -0.411 e. The van der Waals surface area contributed by atoms with Crippen LogP contribution in [-0.4, -0.2) is 21.9 Å². The zero-order chi connectivity index (χ0) is 19.4. The molecule has 1 N–H and O–H groups in total. The lowest BCUT2D eigenvalue weighted by molar-refractivity contribution is -0.137. The Balaban J connectivity index is 1.59. The van der Waals surface area contributed by atoms with Gasteiger partial charge in [-0.1, -0.05) is 39.8 Å². The summed E-state index contributed by atoms with van der Waals surface area (Å²) in [5, 5.41) is 10.4. The highest BCUT2D eigenvalue weighted by Crippen LogP contribution is 2.31. The molecule has 0 unspecified atom stereocenters. The van der Waals surface area contributed by atoms with Gasteiger partial charge in [0.05, 0.1) is 11.3 Å². The minimum atomic E-state index is -4.47. The van der Waals surface area contributed by atoms with Gasteiger partial charge < -0.3 is 9.73 Å². The smallest absolute Gasteiger partial charge is 0.411 e. The van der Waals surface area contributed by atoms with Crippen molar-refractivity contribution in [3.05, 3.63) is 58.6 Å². The van der Waals surface area contributed by atoms with Crippen molar-refractivity contribution >= 4 is 39.3 Å². The topological polar surface area (TPSA) is 68.0 Å². The van der Waals surface area contributed by atoms with Crippen LogP contribution in [0.25, 0.3) is 11.5 Å². The van der Waals surface area contributed by atoms with Crippen molar-refractivity contribution in [2.45, 2.75) is 11.4 Å². The summed E-state index contributed by atoms with van der Waals surface area (Å²) in [6, 6.07) is 11.7. The Kier molecular flexibility index (Phi) is 5.85. The molecule has 1 aromatic heterocycles. The highest BCUT2D eigenvalue weighted by Gasteiger charge is 2.30. The number of carbonyl (C=O) groups excluding carboxylic acids is 1. The van der Waals surface area contributed by atoms with Crippen LogP contribution in [0.4, 0.5) is 18.9 Å². The van der Waals surface area contributed by atoms with Crippen LogP contribution in [0.3, 0.4) is 0 Å². The van der Waals surface area contributed by atoms with E-state index >= 15 is 0 Å². The number of benzene rings is 2. The van der Waals surface area contributed by atoms with E-state index in [1.165, 1.54) is 12.1 Å². The lowest BCUT2D eigenvalue weighted by Gasteiger charge is -2.09. The van der Waals surface area contributed by atoms with Crippen molar-refractivity contribution < 1.29 is 22.4 Å². The van der Waals surface area contributed by atoms with Crippen molar-refractivity contribution in [3.63, 3.8) is 0 Å². The molecule has 5 nitrogen and oxygen atoms in total. The first kappa shape index (κ1) is 19.4. The van der Waals surface area contributed by atoms with E-state index in [-0.39, 0.29) is 16.7 Å². The molecule has 3 aromatic rings. The average molecular weight is 458 g/mol. The number of thioether (sulfide) groups is 1. The number of hydrogen-bond acceptors (Lipinski definition) is 5. The van der Waals surface area contributed by atoms with Crippen molar-refractivity contribution in [2.24, 2.45) is 0 Å². The maximum Gasteiger partial charge on any atom is 0.416 e. The van der Waals surface area contributed by atoms with Crippen LogP contribution in [-0.2, 0) is 11.0 Å². The van der Waals surface area contributed by atoms with Crippen LogP contribution in [0.5, 0.6) is 0 Å². The molecular formula is C17H11BrF3N3O2S. The zero-order valence-corrected chi connectivity index (χ0v) is 15.9. The highest BCUT2D eigenvalue weighted by molar-refractivity contribution is 9.10. The number of anilines is 1. The summed E-state index contributed by atoms with van der Waals surface area (Å²) in [5.41, 5.74) is -0.0450. The molecule has 0 fully saturated rings. The normalized spacial score (nSPS) is 11.4. The Morgan fingerprint density at radius 2 is 1.93 bits per heavy atom. The predicted octanol–water partition coefficient (Wildman–Crippen LogP) is 5.25. The van der Waals surface area contributed by atoms with Gasteiger partial charge in [0.25, 0.3) is 5.22 Å². The van der Waals surface area contributed by atoms with E-state index in [0.29, 0.717) is 5.89 Å². The number of hydrogen-bond donors (Lipinski definition) is 1. The van der Waals surface area contributed by atoms with Crippen molar-refractivity contribution in [1.82, 2.24) is 10.2 Å². The number of nitrogens with one attached hydrogen (secondary N) is 1. The molecule has 0 saturated heterocycles. The van der Waals surface area contributed by atoms with Crippen LogP contribution in [0, 0.1) is 0 Å². The molecule has 3 rings (SSSR count). The van der Waals surface area contributed by atoms with Crippen LogP contribution in [0.15, 0.2) is 62.6 Å². The summed E-state index contributed by atoms with van der Waals surface area (Å²) in [5.74, 6) is -0.269. The van der Waals surface area contributed by atoms with Gasteiger partial charge >= 0.3 is 6.18 Å². The van der Waals surface area contributed by atoms with Gasteiger partial charge in [-0.2, -0.15) is 13.2 Å². The van der Waals surface area contributed by atoms with Gasteiger partial charge in [-0.05, 0) is 36.4 Å². The molecule has 0 aliphatic rings. The second-order valence-corrected chi connectivity index (χ2v) is 7.14. The monoisotopic (exact) mass is 457 g/mol. The van der Waals surface area contributed by atoms with E-state index in [2.05, 4.69) is 31.4 Å². The Hall–Kier alpha value is -2.33. The molecule has 140 valence electrons. The number of alkyl halides is 3. The molecule has 0 aliphatic heterocycles. The third-order valence-electron chi connectivity index (χ3n) is 3.28. The Labute approximate surface area is 164 Å². The van der Waals surface area contributed by atoms with Gasteiger partial charge in [0, 0.05) is 15.7 Å². The molecule has 0 spiro atoms. The van der Waals surface area contributed by atoms with E-state index in [1.54, 1.807) is 6.07 Å². The quantitative estimate of drug-likeness (QED) is 0.530. The van der Waals surface area contributed by atoms with Gasteiger partial charge in [0.1, 0.15) is 0 Å². The van der Waals surface area contributed by atoms with Crippen LogP contribution >= 0.6 is 27.7 Å². The largest absolute Gasteiger partial charge is 0.416 e. The minimum absolute atomic E-state index is 0.0655. The summed E-state index contributed by atoms with van der Waals surface area (Å²) in [7, 11) is 0. The lowest BCUT2D eigenvalue weighted by atomic mass is 10.2. The van der Waals surface area contributed by atoms with Crippen LogP contribution in [0.2, 0.25) is 0 Å². The van der Waals surface area contributed by atoms with Crippen LogP contribution < -0.4 is 5.32 Å². The summed E-state index contributed by atoms with van der Waals surface area (Å²) < 4.78 is 44.4. The van der Waals surface area contributed by atoms with E-state index in [1.807, 2.05) is 18.2 Å². The third-order valence-corrected chi connectivity index (χ3v) is 4.59. The Morgan fingerprint density at radius 3 is 2.67 bits per heavy atom. The lowest BCUT2D eigenvalue weighted by Crippen LogP contribution is -2.15. The summed E-state index contributed by atoms with van der Waals surface area (Å²) >= 11 is 4.34. The van der Waals surface area contributed by atoms with E-state index in [0.717, 1.165) is 33.9 Å². The first-order valence-electron chi connectivity index (χ1n) is 7.50. The number of carbonyl (C=O) groups is 1. The second-order valence-electron chi connectivity index (χ2n) is 5.30. The van der Waals surface area contributed by atoms with E-state index < -0.39 is 17.6 Å². The van der Waals surface area contributed by atoms with Crippen molar-refractivity contribution in [1.29, 1.82) is 0 Å². The van der Waals surface area contributed by atoms with Crippen molar-refractivity contribution in [2.75, 3.05) is 11.1 Å². The molecular weight excluding hydrogens is 447 g/mol. The van der Waals surface area contributed by atoms with Crippen LogP contribution in [0.1, 0.15) is 5.56 Å². The number of aromatic nitrogens is 2. The standard InChI is InChI=1S/C17H11BrF3N3O2S/c18-12-5-1-3-10(7-12)15-23-24-16(26-15)27-9-14(25)22-13-6-2-4-11(8-13)17(19,20)21/h1-8H,9H2,(H,22,25). The zero-order valence-electron chi connectivity index (χ0n) is 13.5. The summed E-state index contributed by atoms with van der Waals surface area (Å²) in [6.45, 7) is 0.